The highest BCUT2D eigenvalue weighted by atomic mass is 32.2. The van der Waals surface area contributed by atoms with Crippen molar-refractivity contribution in [2.24, 2.45) is 0 Å². The highest BCUT2D eigenvalue weighted by Gasteiger charge is 2.20. The Kier molecular flexibility index (Phi) is 7.12. The second-order valence-corrected chi connectivity index (χ2v) is 8.43. The lowest BCUT2D eigenvalue weighted by molar-refractivity contribution is -0.138. The lowest BCUT2D eigenvalue weighted by Gasteiger charge is -2.14. The molecule has 6 nitrogen and oxygen atoms in total. The Morgan fingerprint density at radius 3 is 2.22 bits per heavy atom. The molecule has 0 heterocycles. The van der Waals surface area contributed by atoms with Crippen LogP contribution < -0.4 is 5.32 Å². The van der Waals surface area contributed by atoms with E-state index in [1.54, 1.807) is 61.5 Å². The standard InChI is InChI=1S/C20H23NO5S/c1-2-27(25,26)17-11-8-15(9-12-17)10-13-19(22)21-14-18(20(23)24)16-6-4-3-5-7-16/h3-9,11-12,18H,2,10,13-14H2,1H3,(H,21,22)(H,23,24). The fourth-order valence-corrected chi connectivity index (χ4v) is 3.51. The van der Waals surface area contributed by atoms with Crippen molar-refractivity contribution in [2.75, 3.05) is 12.3 Å². The van der Waals surface area contributed by atoms with Crippen molar-refractivity contribution in [2.45, 2.75) is 30.6 Å². The molecule has 0 saturated carbocycles. The van der Waals surface area contributed by atoms with Crippen molar-refractivity contribution in [3.63, 3.8) is 0 Å². The molecule has 0 spiro atoms. The van der Waals surface area contributed by atoms with E-state index < -0.39 is 21.7 Å². The number of carboxylic acids is 1. The number of nitrogens with one attached hydrogen (secondary N) is 1. The minimum Gasteiger partial charge on any atom is -0.481 e. The first-order chi connectivity index (χ1) is 12.8. The first-order valence-electron chi connectivity index (χ1n) is 8.69. The molecule has 1 amide bonds. The van der Waals surface area contributed by atoms with Crippen LogP contribution >= 0.6 is 0 Å². The van der Waals surface area contributed by atoms with Crippen molar-refractivity contribution in [1.29, 1.82) is 0 Å². The molecular weight excluding hydrogens is 366 g/mol. The topological polar surface area (TPSA) is 101 Å². The number of carbonyl (C=O) groups excluding carboxylic acids is 1. The predicted molar refractivity (Wildman–Crippen MR) is 102 cm³/mol. The van der Waals surface area contributed by atoms with Crippen LogP contribution in [0.1, 0.15) is 30.4 Å². The van der Waals surface area contributed by atoms with Gasteiger partial charge in [0, 0.05) is 13.0 Å². The molecule has 0 aliphatic carbocycles. The molecule has 0 bridgehead atoms. The number of aliphatic carboxylic acids is 1. The first-order valence-corrected chi connectivity index (χ1v) is 10.3. The molecule has 1 atom stereocenters. The summed E-state index contributed by atoms with van der Waals surface area (Å²) < 4.78 is 23.6. The molecule has 144 valence electrons. The van der Waals surface area contributed by atoms with Gasteiger partial charge in [-0.15, -0.1) is 0 Å². The molecule has 7 heteroatoms. The molecule has 0 aliphatic rings. The minimum absolute atomic E-state index is 0.0197. The third-order valence-corrected chi connectivity index (χ3v) is 6.06. The fraction of sp³-hybridized carbons (Fsp3) is 0.300. The first kappa shape index (κ1) is 20.6. The molecule has 2 rings (SSSR count). The van der Waals surface area contributed by atoms with Gasteiger partial charge in [0.05, 0.1) is 16.6 Å². The Labute approximate surface area is 159 Å². The van der Waals surface area contributed by atoms with E-state index in [1.165, 1.54) is 0 Å². The van der Waals surface area contributed by atoms with Crippen LogP contribution in [0.4, 0.5) is 0 Å². The normalized spacial score (nSPS) is 12.3. The number of aryl methyl sites for hydroxylation is 1. The molecule has 0 radical (unpaired) electrons. The number of carboxylic acid groups (broad SMARTS) is 1. The molecule has 1 unspecified atom stereocenters. The van der Waals surface area contributed by atoms with Crippen molar-refractivity contribution < 1.29 is 23.1 Å². The summed E-state index contributed by atoms with van der Waals surface area (Å²) in [5, 5.41) is 12.0. The summed E-state index contributed by atoms with van der Waals surface area (Å²) in [5.74, 6) is -1.99. The number of benzene rings is 2. The van der Waals surface area contributed by atoms with E-state index in [4.69, 9.17) is 0 Å². The molecule has 0 aliphatic heterocycles. The number of sulfone groups is 1. The number of hydrogen-bond acceptors (Lipinski definition) is 4. The third kappa shape index (κ3) is 5.92. The maximum atomic E-state index is 12.0. The van der Waals surface area contributed by atoms with E-state index in [0.29, 0.717) is 12.0 Å². The zero-order valence-corrected chi connectivity index (χ0v) is 15.9. The van der Waals surface area contributed by atoms with Gasteiger partial charge in [0.2, 0.25) is 5.91 Å². The van der Waals surface area contributed by atoms with Crippen molar-refractivity contribution >= 4 is 21.7 Å². The van der Waals surface area contributed by atoms with E-state index in [9.17, 15) is 23.1 Å². The summed E-state index contributed by atoms with van der Waals surface area (Å²) in [7, 11) is -3.23. The second-order valence-electron chi connectivity index (χ2n) is 6.15. The molecule has 27 heavy (non-hydrogen) atoms. The Hall–Kier alpha value is -2.67. The quantitative estimate of drug-likeness (QED) is 0.686. The van der Waals surface area contributed by atoms with Crippen LogP contribution in [0.3, 0.4) is 0 Å². The van der Waals surface area contributed by atoms with E-state index in [0.717, 1.165) is 5.56 Å². The van der Waals surface area contributed by atoms with Gasteiger partial charge >= 0.3 is 5.97 Å². The van der Waals surface area contributed by atoms with Gasteiger partial charge in [0.1, 0.15) is 0 Å². The summed E-state index contributed by atoms with van der Waals surface area (Å²) in [6, 6.07) is 15.2. The summed E-state index contributed by atoms with van der Waals surface area (Å²) in [5.41, 5.74) is 1.48. The molecule has 0 fully saturated rings. The van der Waals surface area contributed by atoms with Gasteiger partial charge in [0.15, 0.2) is 9.84 Å². The smallest absolute Gasteiger partial charge is 0.312 e. The second kappa shape index (κ2) is 9.32. The number of hydrogen-bond donors (Lipinski definition) is 2. The number of rotatable bonds is 9. The highest BCUT2D eigenvalue weighted by molar-refractivity contribution is 7.91. The zero-order valence-electron chi connectivity index (χ0n) is 15.1. The lowest BCUT2D eigenvalue weighted by atomic mass is 9.99. The molecular formula is C20H23NO5S. The summed E-state index contributed by atoms with van der Waals surface area (Å²) in [4.78, 5) is 23.7. The van der Waals surface area contributed by atoms with Gasteiger partial charge in [-0.05, 0) is 29.7 Å². The van der Waals surface area contributed by atoms with Crippen LogP contribution in [0.5, 0.6) is 0 Å². The van der Waals surface area contributed by atoms with E-state index >= 15 is 0 Å². The SMILES string of the molecule is CCS(=O)(=O)c1ccc(CCC(=O)NCC(C(=O)O)c2ccccc2)cc1. The molecule has 0 saturated heterocycles. The summed E-state index contributed by atoms with van der Waals surface area (Å²) >= 11 is 0. The molecule has 2 aromatic rings. The predicted octanol–water partition coefficient (Wildman–Crippen LogP) is 2.40. The van der Waals surface area contributed by atoms with Crippen LogP contribution in [-0.4, -0.2) is 37.7 Å². The third-order valence-electron chi connectivity index (χ3n) is 4.31. The maximum absolute atomic E-state index is 12.0. The Morgan fingerprint density at radius 1 is 1.04 bits per heavy atom. The van der Waals surface area contributed by atoms with Gasteiger partial charge in [-0.25, -0.2) is 8.42 Å². The van der Waals surface area contributed by atoms with E-state index in [-0.39, 0.29) is 29.5 Å². The van der Waals surface area contributed by atoms with Crippen LogP contribution in [0.15, 0.2) is 59.5 Å². The van der Waals surface area contributed by atoms with Crippen molar-refractivity contribution in [1.82, 2.24) is 5.32 Å². The van der Waals surface area contributed by atoms with Crippen molar-refractivity contribution in [3.8, 4) is 0 Å². The fourth-order valence-electron chi connectivity index (χ4n) is 2.63. The Morgan fingerprint density at radius 2 is 1.67 bits per heavy atom. The van der Waals surface area contributed by atoms with Gasteiger partial charge in [0.25, 0.3) is 0 Å². The van der Waals surface area contributed by atoms with Gasteiger partial charge < -0.3 is 10.4 Å². The molecule has 0 aromatic heterocycles. The average Bonchev–Trinajstić information content (AvgIpc) is 2.67. The number of carbonyl (C=O) groups is 2. The highest BCUT2D eigenvalue weighted by Crippen LogP contribution is 2.15. The van der Waals surface area contributed by atoms with Crippen LogP contribution in [-0.2, 0) is 25.8 Å². The zero-order chi connectivity index (χ0) is 19.9. The maximum Gasteiger partial charge on any atom is 0.312 e. The van der Waals surface area contributed by atoms with Crippen LogP contribution in [0.2, 0.25) is 0 Å². The summed E-state index contributed by atoms with van der Waals surface area (Å²) in [6.45, 7) is 1.61. The van der Waals surface area contributed by atoms with Crippen LogP contribution in [0.25, 0.3) is 0 Å². The van der Waals surface area contributed by atoms with Gasteiger partial charge in [-0.2, -0.15) is 0 Å². The molecule has 2 N–H and O–H groups in total. The Bertz CT molecular complexity index is 876. The van der Waals surface area contributed by atoms with E-state index in [2.05, 4.69) is 5.32 Å². The minimum atomic E-state index is -3.23. The average molecular weight is 389 g/mol. The Balaban J connectivity index is 1.88. The summed E-state index contributed by atoms with van der Waals surface area (Å²) in [6.07, 6.45) is 0.641. The van der Waals surface area contributed by atoms with Gasteiger partial charge in [-0.3, -0.25) is 9.59 Å². The monoisotopic (exact) mass is 389 g/mol. The van der Waals surface area contributed by atoms with Crippen LogP contribution in [0, 0.1) is 0 Å². The van der Waals surface area contributed by atoms with E-state index in [1.807, 2.05) is 0 Å². The largest absolute Gasteiger partial charge is 0.481 e. The lowest BCUT2D eigenvalue weighted by Crippen LogP contribution is -2.31. The van der Waals surface area contributed by atoms with Gasteiger partial charge in [-0.1, -0.05) is 49.4 Å². The molecule has 2 aromatic carbocycles. The number of amides is 1. The van der Waals surface area contributed by atoms with Crippen molar-refractivity contribution in [3.05, 3.63) is 65.7 Å².